The Labute approximate surface area is 90.0 Å². The summed E-state index contributed by atoms with van der Waals surface area (Å²) in [7, 11) is 0. The van der Waals surface area contributed by atoms with Crippen LogP contribution in [0.25, 0.3) is 0 Å². The van der Waals surface area contributed by atoms with E-state index >= 15 is 0 Å². The molecule has 0 amide bonds. The lowest BCUT2D eigenvalue weighted by atomic mass is 9.94. The summed E-state index contributed by atoms with van der Waals surface area (Å²) in [5.74, 6) is -0.322. The normalized spacial score (nSPS) is 22.6. The first-order valence-electron chi connectivity index (χ1n) is 5.44. The fraction of sp³-hybridized carbons (Fsp3) is 0.727. The highest BCUT2D eigenvalue weighted by molar-refractivity contribution is 5.67. The summed E-state index contributed by atoms with van der Waals surface area (Å²) >= 11 is 0. The van der Waals surface area contributed by atoms with Crippen LogP contribution in [0.3, 0.4) is 0 Å². The van der Waals surface area contributed by atoms with Gasteiger partial charge in [-0.05, 0) is 31.7 Å². The summed E-state index contributed by atoms with van der Waals surface area (Å²) in [5.41, 5.74) is 0. The lowest BCUT2D eigenvalue weighted by Gasteiger charge is -2.19. The fourth-order valence-electron chi connectivity index (χ4n) is 1.77. The molecule has 3 N–H and O–H groups in total. The van der Waals surface area contributed by atoms with Crippen LogP contribution in [0.2, 0.25) is 0 Å². The molecule has 0 saturated carbocycles. The molecule has 0 bridgehead atoms. The van der Waals surface area contributed by atoms with Crippen molar-refractivity contribution in [2.75, 3.05) is 13.1 Å². The van der Waals surface area contributed by atoms with Crippen molar-refractivity contribution in [3.63, 3.8) is 0 Å². The Hall–Kier alpha value is -0.870. The number of aliphatic hydroxyl groups is 1. The van der Waals surface area contributed by atoms with Crippen LogP contribution in [0.5, 0.6) is 0 Å². The Morgan fingerprint density at radius 3 is 2.93 bits per heavy atom. The molecule has 86 valence electrons. The summed E-state index contributed by atoms with van der Waals surface area (Å²) in [6.07, 6.45) is 6.81. The Balaban J connectivity index is 2.05. The summed E-state index contributed by atoms with van der Waals surface area (Å²) in [4.78, 5) is 10.3. The molecule has 1 aliphatic rings. The van der Waals surface area contributed by atoms with Crippen molar-refractivity contribution in [2.45, 2.75) is 31.8 Å². The lowest BCUT2D eigenvalue weighted by Crippen LogP contribution is -2.32. The van der Waals surface area contributed by atoms with Gasteiger partial charge in [0.1, 0.15) is 0 Å². The van der Waals surface area contributed by atoms with E-state index in [2.05, 4.69) is 17.5 Å². The number of hydrogen-bond acceptors (Lipinski definition) is 3. The van der Waals surface area contributed by atoms with Crippen LogP contribution in [0.1, 0.15) is 25.7 Å². The summed E-state index contributed by atoms with van der Waals surface area (Å²) in [6.45, 7) is 1.23. The van der Waals surface area contributed by atoms with Crippen molar-refractivity contribution < 1.29 is 15.0 Å². The highest BCUT2D eigenvalue weighted by Crippen LogP contribution is 2.16. The molecule has 0 heterocycles. The standard InChI is InChI=1S/C11H19NO3/c13-10(6-11(14)15)8-12-7-9-4-2-1-3-5-9/h1-2,9-10,12-13H,3-8H2,(H,14,15). The van der Waals surface area contributed by atoms with Gasteiger partial charge in [-0.15, -0.1) is 0 Å². The van der Waals surface area contributed by atoms with Gasteiger partial charge in [0.2, 0.25) is 0 Å². The van der Waals surface area contributed by atoms with Crippen LogP contribution in [0.15, 0.2) is 12.2 Å². The van der Waals surface area contributed by atoms with Gasteiger partial charge in [0.15, 0.2) is 0 Å². The Morgan fingerprint density at radius 2 is 2.33 bits per heavy atom. The van der Waals surface area contributed by atoms with Crippen molar-refractivity contribution >= 4 is 5.97 Å². The molecular weight excluding hydrogens is 194 g/mol. The monoisotopic (exact) mass is 213 g/mol. The third-order valence-electron chi connectivity index (χ3n) is 2.60. The Morgan fingerprint density at radius 1 is 1.53 bits per heavy atom. The van der Waals surface area contributed by atoms with Crippen molar-refractivity contribution in [3.8, 4) is 0 Å². The second-order valence-electron chi connectivity index (χ2n) is 4.06. The molecule has 0 radical (unpaired) electrons. The molecule has 0 aromatic carbocycles. The number of nitrogens with one attached hydrogen (secondary N) is 1. The quantitative estimate of drug-likeness (QED) is 0.570. The maximum atomic E-state index is 10.3. The van der Waals surface area contributed by atoms with Crippen LogP contribution < -0.4 is 5.32 Å². The largest absolute Gasteiger partial charge is 0.481 e. The first-order valence-corrected chi connectivity index (χ1v) is 5.44. The van der Waals surface area contributed by atoms with E-state index in [-0.39, 0.29) is 6.42 Å². The van der Waals surface area contributed by atoms with Crippen LogP contribution in [0, 0.1) is 5.92 Å². The van der Waals surface area contributed by atoms with E-state index in [4.69, 9.17) is 5.11 Å². The van der Waals surface area contributed by atoms with Crippen LogP contribution in [-0.2, 0) is 4.79 Å². The second kappa shape index (κ2) is 6.58. The van der Waals surface area contributed by atoms with Gasteiger partial charge in [0.05, 0.1) is 12.5 Å². The number of allylic oxidation sites excluding steroid dienone is 2. The van der Waals surface area contributed by atoms with E-state index in [9.17, 15) is 9.90 Å². The van der Waals surface area contributed by atoms with E-state index in [1.807, 2.05) is 0 Å². The first-order chi connectivity index (χ1) is 7.18. The van der Waals surface area contributed by atoms with Gasteiger partial charge in [-0.1, -0.05) is 12.2 Å². The summed E-state index contributed by atoms with van der Waals surface area (Å²) in [5, 5.41) is 20.8. The van der Waals surface area contributed by atoms with Gasteiger partial charge in [0.25, 0.3) is 0 Å². The molecule has 2 atom stereocenters. The number of aliphatic carboxylic acids is 1. The molecule has 1 rings (SSSR count). The van der Waals surface area contributed by atoms with Crippen molar-refractivity contribution in [3.05, 3.63) is 12.2 Å². The topological polar surface area (TPSA) is 69.6 Å². The molecule has 4 nitrogen and oxygen atoms in total. The smallest absolute Gasteiger partial charge is 0.306 e. The van der Waals surface area contributed by atoms with E-state index < -0.39 is 12.1 Å². The third kappa shape index (κ3) is 5.54. The van der Waals surface area contributed by atoms with Gasteiger partial charge in [-0.2, -0.15) is 0 Å². The molecule has 0 aliphatic heterocycles. The number of carbonyl (C=O) groups is 1. The third-order valence-corrected chi connectivity index (χ3v) is 2.60. The van der Waals surface area contributed by atoms with Gasteiger partial charge in [-0.25, -0.2) is 0 Å². The molecule has 0 fully saturated rings. The second-order valence-corrected chi connectivity index (χ2v) is 4.06. The zero-order valence-corrected chi connectivity index (χ0v) is 8.85. The Bertz CT molecular complexity index is 228. The number of hydrogen-bond donors (Lipinski definition) is 3. The Kier molecular flexibility index (Phi) is 5.36. The molecule has 2 unspecified atom stereocenters. The highest BCUT2D eigenvalue weighted by atomic mass is 16.4. The van der Waals surface area contributed by atoms with E-state index in [1.54, 1.807) is 0 Å². The fourth-order valence-corrected chi connectivity index (χ4v) is 1.77. The van der Waals surface area contributed by atoms with Gasteiger partial charge < -0.3 is 15.5 Å². The molecule has 0 aromatic heterocycles. The van der Waals surface area contributed by atoms with E-state index in [0.29, 0.717) is 12.5 Å². The average Bonchev–Trinajstić information content (AvgIpc) is 2.18. The molecular formula is C11H19NO3. The highest BCUT2D eigenvalue weighted by Gasteiger charge is 2.12. The predicted molar refractivity (Wildman–Crippen MR) is 57.6 cm³/mol. The van der Waals surface area contributed by atoms with Gasteiger partial charge in [-0.3, -0.25) is 4.79 Å². The minimum Gasteiger partial charge on any atom is -0.481 e. The van der Waals surface area contributed by atoms with Gasteiger partial charge >= 0.3 is 5.97 Å². The lowest BCUT2D eigenvalue weighted by molar-refractivity contribution is -0.139. The zero-order chi connectivity index (χ0) is 11.1. The average molecular weight is 213 g/mol. The molecule has 0 spiro atoms. The van der Waals surface area contributed by atoms with Crippen LogP contribution >= 0.6 is 0 Å². The van der Waals surface area contributed by atoms with Crippen LogP contribution in [-0.4, -0.2) is 35.4 Å². The molecule has 0 saturated heterocycles. The number of carboxylic acid groups (broad SMARTS) is 1. The molecule has 4 heteroatoms. The van der Waals surface area contributed by atoms with Crippen molar-refractivity contribution in [2.24, 2.45) is 5.92 Å². The maximum Gasteiger partial charge on any atom is 0.306 e. The molecule has 15 heavy (non-hydrogen) atoms. The number of rotatable bonds is 6. The molecule has 1 aliphatic carbocycles. The van der Waals surface area contributed by atoms with Crippen LogP contribution in [0.4, 0.5) is 0 Å². The zero-order valence-electron chi connectivity index (χ0n) is 8.85. The summed E-state index contributed by atoms with van der Waals surface area (Å²) < 4.78 is 0. The minimum atomic E-state index is -0.954. The van der Waals surface area contributed by atoms with E-state index in [1.165, 1.54) is 6.42 Å². The number of carboxylic acids is 1. The number of aliphatic hydroxyl groups excluding tert-OH is 1. The van der Waals surface area contributed by atoms with Gasteiger partial charge in [0, 0.05) is 6.54 Å². The molecule has 0 aromatic rings. The SMILES string of the molecule is O=C(O)CC(O)CNCC1CC=CCC1. The first kappa shape index (κ1) is 12.2. The predicted octanol–water partition coefficient (Wildman–Crippen LogP) is 0.768. The minimum absolute atomic E-state index is 0.183. The maximum absolute atomic E-state index is 10.3. The van der Waals surface area contributed by atoms with E-state index in [0.717, 1.165) is 19.4 Å². The van der Waals surface area contributed by atoms with Crippen molar-refractivity contribution in [1.82, 2.24) is 5.32 Å². The van der Waals surface area contributed by atoms with Crippen molar-refractivity contribution in [1.29, 1.82) is 0 Å². The summed E-state index contributed by atoms with van der Waals surface area (Å²) in [6, 6.07) is 0.